The molecular weight excluding hydrogens is 336 g/mol. The molecule has 0 unspecified atom stereocenters. The fraction of sp³-hybridized carbons (Fsp3) is 0.412. The van der Waals surface area contributed by atoms with Gasteiger partial charge in [0.05, 0.1) is 17.8 Å². The van der Waals surface area contributed by atoms with Crippen molar-refractivity contribution in [2.75, 3.05) is 19.6 Å². The van der Waals surface area contributed by atoms with E-state index in [9.17, 15) is 4.79 Å². The molecule has 7 nitrogen and oxygen atoms in total. The number of carbonyl (C=O) groups is 1. The van der Waals surface area contributed by atoms with Crippen molar-refractivity contribution in [2.45, 2.75) is 25.8 Å². The van der Waals surface area contributed by atoms with Gasteiger partial charge in [0.1, 0.15) is 5.52 Å². The van der Waals surface area contributed by atoms with Crippen LogP contribution in [0.1, 0.15) is 33.3 Å². The van der Waals surface area contributed by atoms with Gasteiger partial charge >= 0.3 is 0 Å². The molecule has 0 aliphatic carbocycles. The van der Waals surface area contributed by atoms with Crippen molar-refractivity contribution >= 4 is 28.4 Å². The van der Waals surface area contributed by atoms with Gasteiger partial charge in [-0.25, -0.2) is 14.6 Å². The van der Waals surface area contributed by atoms with Crippen molar-refractivity contribution in [3.63, 3.8) is 0 Å². The molecule has 3 aromatic rings. The highest BCUT2D eigenvalue weighted by molar-refractivity contribution is 7.10. The zero-order valence-electron chi connectivity index (χ0n) is 14.0. The van der Waals surface area contributed by atoms with Crippen LogP contribution in [0.4, 0.5) is 0 Å². The first-order valence-corrected chi connectivity index (χ1v) is 9.32. The zero-order chi connectivity index (χ0) is 17.2. The average Bonchev–Trinajstić information content (AvgIpc) is 3.34. The van der Waals surface area contributed by atoms with Gasteiger partial charge in [-0.2, -0.15) is 5.10 Å². The second kappa shape index (κ2) is 6.89. The molecule has 25 heavy (non-hydrogen) atoms. The van der Waals surface area contributed by atoms with Gasteiger partial charge in [0, 0.05) is 41.7 Å². The number of aryl methyl sites for hydroxylation is 1. The van der Waals surface area contributed by atoms with E-state index in [1.165, 1.54) is 0 Å². The Labute approximate surface area is 149 Å². The van der Waals surface area contributed by atoms with Crippen molar-refractivity contribution in [2.24, 2.45) is 0 Å². The minimum absolute atomic E-state index is 0.0490. The highest BCUT2D eigenvalue weighted by Crippen LogP contribution is 2.26. The van der Waals surface area contributed by atoms with E-state index in [-0.39, 0.29) is 5.91 Å². The topological polar surface area (TPSA) is 84.7 Å². The highest BCUT2D eigenvalue weighted by Gasteiger charge is 2.24. The zero-order valence-corrected chi connectivity index (χ0v) is 14.8. The fourth-order valence-corrected chi connectivity index (χ4v) is 3.87. The second-order valence-electron chi connectivity index (χ2n) is 6.23. The molecule has 8 heteroatoms. The molecule has 1 atom stereocenters. The number of amides is 1. The van der Waals surface area contributed by atoms with Crippen LogP contribution in [0.2, 0.25) is 0 Å². The molecule has 1 fully saturated rings. The lowest BCUT2D eigenvalue weighted by molar-refractivity contribution is 0.0952. The summed E-state index contributed by atoms with van der Waals surface area (Å²) in [4.78, 5) is 22.2. The van der Waals surface area contributed by atoms with E-state index < -0.39 is 0 Å². The molecule has 130 valence electrons. The Kier molecular flexibility index (Phi) is 4.46. The monoisotopic (exact) mass is 356 g/mol. The third-order valence-corrected chi connectivity index (χ3v) is 5.30. The summed E-state index contributed by atoms with van der Waals surface area (Å²) in [6.07, 6.45) is 4.46. The van der Waals surface area contributed by atoms with Crippen LogP contribution >= 0.6 is 11.3 Å². The molecule has 4 rings (SSSR count). The van der Waals surface area contributed by atoms with Gasteiger partial charge in [-0.1, -0.05) is 0 Å². The summed E-state index contributed by atoms with van der Waals surface area (Å²) in [5.74, 6) is 0.330. The average molecular weight is 356 g/mol. The Morgan fingerprint density at radius 2 is 2.32 bits per heavy atom. The summed E-state index contributed by atoms with van der Waals surface area (Å²) in [6, 6.07) is 1.90. The van der Waals surface area contributed by atoms with Crippen molar-refractivity contribution in [3.8, 4) is 0 Å². The van der Waals surface area contributed by atoms with Crippen LogP contribution in [0.25, 0.3) is 11.2 Å². The predicted octanol–water partition coefficient (Wildman–Crippen LogP) is 1.70. The van der Waals surface area contributed by atoms with Crippen LogP contribution < -0.4 is 10.6 Å². The summed E-state index contributed by atoms with van der Waals surface area (Å²) >= 11 is 1.58. The van der Waals surface area contributed by atoms with Crippen LogP contribution in [0.15, 0.2) is 23.8 Å². The number of fused-ring (bicyclic) bond motifs is 1. The Hall–Kier alpha value is -2.32. The Balaban J connectivity index is 1.48. The van der Waals surface area contributed by atoms with E-state index in [4.69, 9.17) is 5.10 Å². The number of rotatable bonds is 5. The van der Waals surface area contributed by atoms with Gasteiger partial charge in [-0.15, -0.1) is 11.3 Å². The lowest BCUT2D eigenvalue weighted by Gasteiger charge is -2.05. The molecule has 3 aromatic heterocycles. The van der Waals surface area contributed by atoms with Gasteiger partial charge in [0.2, 0.25) is 0 Å². The third kappa shape index (κ3) is 3.27. The molecule has 0 aromatic carbocycles. The maximum atomic E-state index is 12.2. The number of hydrogen-bond acceptors (Lipinski definition) is 6. The Morgan fingerprint density at radius 3 is 3.08 bits per heavy atom. The maximum absolute atomic E-state index is 12.2. The quantitative estimate of drug-likeness (QED) is 0.727. The molecule has 0 radical (unpaired) electrons. The first kappa shape index (κ1) is 16.2. The SMILES string of the molecule is Cc1cc(C(=O)NCCn2nc([C@@H]3CCNC3)c3nccnc32)cs1. The minimum Gasteiger partial charge on any atom is -0.350 e. The van der Waals surface area contributed by atoms with Crippen molar-refractivity contribution in [3.05, 3.63) is 40.0 Å². The molecule has 1 amide bonds. The smallest absolute Gasteiger partial charge is 0.252 e. The fourth-order valence-electron chi connectivity index (χ4n) is 3.18. The van der Waals surface area contributed by atoms with Crippen molar-refractivity contribution < 1.29 is 4.79 Å². The Bertz CT molecular complexity index is 896. The number of aromatic nitrogens is 4. The number of nitrogens with one attached hydrogen (secondary N) is 2. The van der Waals surface area contributed by atoms with Gasteiger partial charge in [0.15, 0.2) is 5.65 Å². The molecular formula is C17H20N6OS. The number of thiophene rings is 1. The van der Waals surface area contributed by atoms with Crippen LogP contribution in [-0.2, 0) is 6.54 Å². The van der Waals surface area contributed by atoms with E-state index in [1.54, 1.807) is 23.7 Å². The predicted molar refractivity (Wildman–Crippen MR) is 96.9 cm³/mol. The molecule has 1 aliphatic heterocycles. The number of hydrogen-bond donors (Lipinski definition) is 2. The van der Waals surface area contributed by atoms with Gasteiger partial charge in [0.25, 0.3) is 5.91 Å². The van der Waals surface area contributed by atoms with E-state index in [0.29, 0.717) is 24.6 Å². The molecule has 0 saturated carbocycles. The van der Waals surface area contributed by atoms with Gasteiger partial charge in [-0.3, -0.25) is 4.79 Å². The Morgan fingerprint density at radius 1 is 1.44 bits per heavy atom. The van der Waals surface area contributed by atoms with Gasteiger partial charge < -0.3 is 10.6 Å². The summed E-state index contributed by atoms with van der Waals surface area (Å²) in [5.41, 5.74) is 3.37. The van der Waals surface area contributed by atoms with Crippen LogP contribution in [0, 0.1) is 6.92 Å². The van der Waals surface area contributed by atoms with Crippen LogP contribution in [0.3, 0.4) is 0 Å². The van der Waals surface area contributed by atoms with Gasteiger partial charge in [-0.05, 0) is 26.0 Å². The first-order chi connectivity index (χ1) is 12.2. The van der Waals surface area contributed by atoms with E-state index in [2.05, 4.69) is 20.6 Å². The normalized spacial score (nSPS) is 17.2. The summed E-state index contributed by atoms with van der Waals surface area (Å²) in [6.45, 7) is 5.01. The number of carbonyl (C=O) groups excluding carboxylic acids is 1. The lowest BCUT2D eigenvalue weighted by atomic mass is 10.0. The summed E-state index contributed by atoms with van der Waals surface area (Å²) in [5, 5.41) is 12.9. The molecule has 2 N–H and O–H groups in total. The minimum atomic E-state index is -0.0490. The molecule has 1 aliphatic rings. The number of nitrogens with zero attached hydrogens (tertiary/aromatic N) is 4. The first-order valence-electron chi connectivity index (χ1n) is 8.44. The standard InChI is InChI=1S/C17H20N6OS/c1-11-8-13(10-25-11)17(24)21-6-7-23-16-15(19-4-5-20-16)14(22-23)12-2-3-18-9-12/h4-5,8,10,12,18H,2-3,6-7,9H2,1H3,(H,21,24)/t12-/m1/s1. The van der Waals surface area contributed by atoms with E-state index in [1.807, 2.05) is 23.1 Å². The summed E-state index contributed by atoms with van der Waals surface area (Å²) < 4.78 is 1.86. The van der Waals surface area contributed by atoms with Crippen molar-refractivity contribution in [1.82, 2.24) is 30.4 Å². The van der Waals surface area contributed by atoms with Crippen molar-refractivity contribution in [1.29, 1.82) is 0 Å². The highest BCUT2D eigenvalue weighted by atomic mass is 32.1. The van der Waals surface area contributed by atoms with E-state index >= 15 is 0 Å². The maximum Gasteiger partial charge on any atom is 0.252 e. The van der Waals surface area contributed by atoms with Crippen LogP contribution in [0.5, 0.6) is 0 Å². The lowest BCUT2D eigenvalue weighted by Crippen LogP contribution is -2.27. The molecule has 4 heterocycles. The summed E-state index contributed by atoms with van der Waals surface area (Å²) in [7, 11) is 0. The van der Waals surface area contributed by atoms with Crippen LogP contribution in [-0.4, -0.2) is 45.3 Å². The molecule has 1 saturated heterocycles. The third-order valence-electron chi connectivity index (χ3n) is 4.44. The van der Waals surface area contributed by atoms with E-state index in [0.717, 1.165) is 41.2 Å². The molecule has 0 bridgehead atoms. The largest absolute Gasteiger partial charge is 0.350 e. The second-order valence-corrected chi connectivity index (χ2v) is 7.34. The molecule has 0 spiro atoms.